The number of nitrogens with two attached hydrogens (primary N) is 1. The third kappa shape index (κ3) is 3.60. The van der Waals surface area contributed by atoms with Crippen molar-refractivity contribution in [3.8, 4) is 0 Å². The molecule has 0 radical (unpaired) electrons. The Labute approximate surface area is 120 Å². The lowest BCUT2D eigenvalue weighted by Crippen LogP contribution is -2.27. The molecule has 110 valence electrons. The van der Waals surface area contributed by atoms with Crippen LogP contribution in [0.1, 0.15) is 25.3 Å². The molecule has 0 spiro atoms. The maximum atomic E-state index is 13.9. The van der Waals surface area contributed by atoms with Gasteiger partial charge in [0.15, 0.2) is 5.92 Å². The minimum Gasteiger partial charge on any atom is -0.465 e. The lowest BCUT2D eigenvalue weighted by Gasteiger charge is -2.16. The molecule has 0 aliphatic rings. The molecule has 0 amide bonds. The molecule has 0 aliphatic carbocycles. The van der Waals surface area contributed by atoms with Crippen LogP contribution in [0.3, 0.4) is 0 Å². The Morgan fingerprint density at radius 3 is 2.20 bits per heavy atom. The highest BCUT2D eigenvalue weighted by Crippen LogP contribution is 2.29. The quantitative estimate of drug-likeness (QED) is 0.513. The van der Waals surface area contributed by atoms with E-state index in [-0.39, 0.29) is 29.5 Å². The van der Waals surface area contributed by atoms with Crippen molar-refractivity contribution in [3.05, 3.63) is 28.5 Å². The van der Waals surface area contributed by atoms with Gasteiger partial charge in [-0.1, -0.05) is 11.6 Å². The maximum Gasteiger partial charge on any atom is 0.325 e. The average molecular weight is 304 g/mol. The zero-order valence-electron chi connectivity index (χ0n) is 11.1. The summed E-state index contributed by atoms with van der Waals surface area (Å²) in [4.78, 5) is 23.7. The van der Waals surface area contributed by atoms with Gasteiger partial charge >= 0.3 is 11.9 Å². The second-order valence-electron chi connectivity index (χ2n) is 3.83. The largest absolute Gasteiger partial charge is 0.465 e. The first-order valence-electron chi connectivity index (χ1n) is 6.00. The van der Waals surface area contributed by atoms with Gasteiger partial charge in [0.2, 0.25) is 0 Å². The van der Waals surface area contributed by atoms with Crippen molar-refractivity contribution in [2.45, 2.75) is 19.8 Å². The maximum absolute atomic E-state index is 13.9. The Kier molecular flexibility index (Phi) is 5.76. The summed E-state index contributed by atoms with van der Waals surface area (Å²) < 4.78 is 23.5. The highest BCUT2D eigenvalue weighted by Gasteiger charge is 2.34. The number of carbonyl (C=O) groups excluding carboxylic acids is 2. The Balaban J connectivity index is 3.26. The molecular formula is C13H15ClFNO4. The number of hydrogen-bond acceptors (Lipinski definition) is 5. The summed E-state index contributed by atoms with van der Waals surface area (Å²) >= 11 is 5.80. The standard InChI is InChI=1S/C13H15ClFNO4/c1-3-19-12(17)11(13(18)20-4-2)7-5-8(14)10(16)6-9(7)15/h5-6,11H,3-4,16H2,1-2H3. The van der Waals surface area contributed by atoms with E-state index in [1.807, 2.05) is 0 Å². The van der Waals surface area contributed by atoms with Crippen LogP contribution in [-0.4, -0.2) is 25.2 Å². The number of halogens is 2. The Hall–Kier alpha value is -1.82. The van der Waals surface area contributed by atoms with Crippen molar-refractivity contribution >= 4 is 29.2 Å². The van der Waals surface area contributed by atoms with E-state index in [4.69, 9.17) is 26.8 Å². The van der Waals surface area contributed by atoms with Gasteiger partial charge in [0.25, 0.3) is 0 Å². The summed E-state index contributed by atoms with van der Waals surface area (Å²) in [7, 11) is 0. The molecule has 7 heteroatoms. The van der Waals surface area contributed by atoms with Gasteiger partial charge in [0.05, 0.1) is 23.9 Å². The van der Waals surface area contributed by atoms with Gasteiger partial charge in [-0.05, 0) is 26.0 Å². The van der Waals surface area contributed by atoms with Crippen molar-refractivity contribution in [1.29, 1.82) is 0 Å². The Morgan fingerprint density at radius 2 is 1.75 bits per heavy atom. The first kappa shape index (κ1) is 16.2. The van der Waals surface area contributed by atoms with E-state index < -0.39 is 23.7 Å². The molecule has 0 unspecified atom stereocenters. The molecule has 0 fully saturated rings. The van der Waals surface area contributed by atoms with Gasteiger partial charge < -0.3 is 15.2 Å². The first-order chi connectivity index (χ1) is 9.42. The molecule has 20 heavy (non-hydrogen) atoms. The van der Waals surface area contributed by atoms with E-state index in [0.29, 0.717) is 0 Å². The predicted octanol–water partition coefficient (Wildman–Crippen LogP) is 2.27. The smallest absolute Gasteiger partial charge is 0.325 e. The fourth-order valence-corrected chi connectivity index (χ4v) is 1.77. The van der Waals surface area contributed by atoms with Crippen LogP contribution in [0.5, 0.6) is 0 Å². The van der Waals surface area contributed by atoms with Crippen LogP contribution >= 0.6 is 11.6 Å². The average Bonchev–Trinajstić information content (AvgIpc) is 2.36. The summed E-state index contributed by atoms with van der Waals surface area (Å²) in [6, 6.07) is 2.08. The molecule has 0 saturated carbocycles. The Bertz CT molecular complexity index is 503. The van der Waals surface area contributed by atoms with Gasteiger partial charge in [-0.3, -0.25) is 9.59 Å². The molecular weight excluding hydrogens is 289 g/mol. The van der Waals surface area contributed by atoms with Gasteiger partial charge in [0.1, 0.15) is 5.82 Å². The van der Waals surface area contributed by atoms with Crippen LogP contribution in [0.2, 0.25) is 5.02 Å². The third-order valence-electron chi connectivity index (χ3n) is 2.47. The molecule has 0 saturated heterocycles. The van der Waals surface area contributed by atoms with Crippen LogP contribution < -0.4 is 5.73 Å². The normalized spacial score (nSPS) is 10.4. The molecule has 2 N–H and O–H groups in total. The monoisotopic (exact) mass is 303 g/mol. The highest BCUT2D eigenvalue weighted by molar-refractivity contribution is 6.33. The van der Waals surface area contributed by atoms with Crippen LogP contribution in [0, 0.1) is 5.82 Å². The zero-order valence-corrected chi connectivity index (χ0v) is 11.9. The van der Waals surface area contributed by atoms with E-state index in [0.717, 1.165) is 12.1 Å². The van der Waals surface area contributed by atoms with Crippen LogP contribution in [0.15, 0.2) is 12.1 Å². The second kappa shape index (κ2) is 7.09. The molecule has 0 heterocycles. The summed E-state index contributed by atoms with van der Waals surface area (Å²) in [6.45, 7) is 3.26. The number of carbonyl (C=O) groups is 2. The Morgan fingerprint density at radius 1 is 1.25 bits per heavy atom. The van der Waals surface area contributed by atoms with Crippen molar-refractivity contribution in [3.63, 3.8) is 0 Å². The number of benzene rings is 1. The molecule has 1 aromatic carbocycles. The topological polar surface area (TPSA) is 78.6 Å². The van der Waals surface area contributed by atoms with Crippen LogP contribution in [-0.2, 0) is 19.1 Å². The zero-order chi connectivity index (χ0) is 15.3. The number of ether oxygens (including phenoxy) is 2. The molecule has 0 aromatic heterocycles. The number of hydrogen-bond donors (Lipinski definition) is 1. The second-order valence-corrected chi connectivity index (χ2v) is 4.24. The van der Waals surface area contributed by atoms with E-state index in [1.54, 1.807) is 13.8 Å². The van der Waals surface area contributed by atoms with Crippen molar-refractivity contribution in [2.24, 2.45) is 0 Å². The van der Waals surface area contributed by atoms with E-state index >= 15 is 0 Å². The molecule has 0 aliphatic heterocycles. The van der Waals surface area contributed by atoms with E-state index in [2.05, 4.69) is 0 Å². The molecule has 0 atom stereocenters. The van der Waals surface area contributed by atoms with Crippen LogP contribution in [0.25, 0.3) is 0 Å². The fraction of sp³-hybridized carbons (Fsp3) is 0.385. The number of rotatable bonds is 5. The van der Waals surface area contributed by atoms with E-state index in [9.17, 15) is 14.0 Å². The summed E-state index contributed by atoms with van der Waals surface area (Å²) in [5.74, 6) is -4.14. The molecule has 1 aromatic rings. The fourth-order valence-electron chi connectivity index (χ4n) is 1.60. The number of nitrogen functional groups attached to an aromatic ring is 1. The SMILES string of the molecule is CCOC(=O)C(C(=O)OCC)c1cc(Cl)c(N)cc1F. The lowest BCUT2D eigenvalue weighted by atomic mass is 9.98. The van der Waals surface area contributed by atoms with Gasteiger partial charge in [-0.2, -0.15) is 0 Å². The summed E-state index contributed by atoms with van der Waals surface area (Å²) in [6.07, 6.45) is 0. The predicted molar refractivity (Wildman–Crippen MR) is 71.8 cm³/mol. The van der Waals surface area contributed by atoms with Gasteiger partial charge in [-0.25, -0.2) is 4.39 Å². The molecule has 1 rings (SSSR count). The van der Waals surface area contributed by atoms with Gasteiger partial charge in [0, 0.05) is 5.56 Å². The van der Waals surface area contributed by atoms with Crippen molar-refractivity contribution in [1.82, 2.24) is 0 Å². The summed E-state index contributed by atoms with van der Waals surface area (Å²) in [5.41, 5.74) is 5.25. The summed E-state index contributed by atoms with van der Waals surface area (Å²) in [5, 5.41) is 0.0417. The van der Waals surface area contributed by atoms with Crippen LogP contribution in [0.4, 0.5) is 10.1 Å². The lowest BCUT2D eigenvalue weighted by molar-refractivity contribution is -0.157. The van der Waals surface area contributed by atoms with Crippen molar-refractivity contribution in [2.75, 3.05) is 18.9 Å². The number of anilines is 1. The third-order valence-corrected chi connectivity index (χ3v) is 2.80. The molecule has 5 nitrogen and oxygen atoms in total. The van der Waals surface area contributed by atoms with Crippen molar-refractivity contribution < 1.29 is 23.5 Å². The minimum absolute atomic E-state index is 0.0133. The minimum atomic E-state index is -1.52. The van der Waals surface area contributed by atoms with Gasteiger partial charge in [-0.15, -0.1) is 0 Å². The number of esters is 2. The highest BCUT2D eigenvalue weighted by atomic mass is 35.5. The van der Waals surface area contributed by atoms with E-state index in [1.165, 1.54) is 0 Å². The first-order valence-corrected chi connectivity index (χ1v) is 6.37. The molecule has 0 bridgehead atoms.